The van der Waals surface area contributed by atoms with Gasteiger partial charge in [0.05, 0.1) is 0 Å². The van der Waals surface area contributed by atoms with E-state index in [1.165, 1.54) is 0 Å². The lowest BCUT2D eigenvalue weighted by Gasteiger charge is -2.31. The van der Waals surface area contributed by atoms with Crippen molar-refractivity contribution < 1.29 is 13.3 Å². The first-order chi connectivity index (χ1) is 6.20. The smallest absolute Gasteiger partial charge is 0.377 e. The summed E-state index contributed by atoms with van der Waals surface area (Å²) in [6.45, 7) is 2.74. The molecule has 0 rings (SSSR count). The van der Waals surface area contributed by atoms with Crippen LogP contribution in [0.2, 0.25) is 5.54 Å². The van der Waals surface area contributed by atoms with Crippen LogP contribution in [0, 0.1) is 0 Å². The van der Waals surface area contributed by atoms with E-state index in [-0.39, 0.29) is 6.15 Å². The molecule has 0 aliphatic rings. The molecule has 5 N–H and O–H groups in total. The van der Waals surface area contributed by atoms with E-state index in [2.05, 4.69) is 6.92 Å². The molecule has 0 amide bonds. The van der Waals surface area contributed by atoms with Crippen molar-refractivity contribution in [2.24, 2.45) is 5.73 Å². The second kappa shape index (κ2) is 8.34. The van der Waals surface area contributed by atoms with Crippen LogP contribution in [0.1, 0.15) is 19.8 Å². The molecule has 0 aromatic heterocycles. The zero-order chi connectivity index (χ0) is 10.3. The summed E-state index contributed by atoms with van der Waals surface area (Å²) >= 11 is 0. The van der Waals surface area contributed by atoms with Gasteiger partial charge in [-0.15, -0.1) is 0 Å². The van der Waals surface area contributed by atoms with Gasteiger partial charge in [-0.05, 0) is 19.4 Å². The van der Waals surface area contributed by atoms with E-state index in [9.17, 15) is 0 Å². The Morgan fingerprint density at radius 3 is 1.79 bits per heavy atom. The normalized spacial score (nSPS) is 13.5. The van der Waals surface area contributed by atoms with Gasteiger partial charge in [-0.3, -0.25) is 0 Å². The van der Waals surface area contributed by atoms with E-state index in [1.54, 1.807) is 21.3 Å². The summed E-state index contributed by atoms with van der Waals surface area (Å²) < 4.78 is 16.1. The molecule has 1 atom stereocenters. The first-order valence-electron chi connectivity index (χ1n) is 4.56. The van der Waals surface area contributed by atoms with Crippen LogP contribution in [-0.4, -0.2) is 36.7 Å². The van der Waals surface area contributed by atoms with Gasteiger partial charge in [0, 0.05) is 26.9 Å². The molecule has 0 heterocycles. The average molecular weight is 224 g/mol. The molecule has 1 unspecified atom stereocenters. The molecule has 0 aromatic carbocycles. The van der Waals surface area contributed by atoms with Gasteiger partial charge in [0.15, 0.2) is 0 Å². The number of nitrogens with two attached hydrogens (primary N) is 1. The van der Waals surface area contributed by atoms with Gasteiger partial charge in [0.1, 0.15) is 0 Å². The Kier molecular flexibility index (Phi) is 9.79. The van der Waals surface area contributed by atoms with E-state index in [4.69, 9.17) is 19.0 Å². The maximum atomic E-state index is 5.52. The van der Waals surface area contributed by atoms with Crippen LogP contribution < -0.4 is 11.9 Å². The molecule has 5 nitrogen and oxygen atoms in total. The molecule has 0 bridgehead atoms. The van der Waals surface area contributed by atoms with Gasteiger partial charge >= 0.3 is 8.80 Å². The lowest BCUT2D eigenvalue weighted by atomic mass is 10.2. The van der Waals surface area contributed by atoms with Crippen molar-refractivity contribution in [1.29, 1.82) is 0 Å². The molecule has 0 fully saturated rings. The minimum Gasteiger partial charge on any atom is -0.377 e. The molecule has 0 saturated carbocycles. The quantitative estimate of drug-likeness (QED) is 0.633. The topological polar surface area (TPSA) is 88.7 Å². The SMILES string of the molecule is CCC(CCN)[Si](OC)(OC)OC.N. The van der Waals surface area contributed by atoms with Crippen molar-refractivity contribution in [3.8, 4) is 0 Å². The molecular formula is C8H24N2O3Si. The highest BCUT2D eigenvalue weighted by Crippen LogP contribution is 2.29. The molecule has 0 aliphatic heterocycles. The third-order valence-electron chi connectivity index (χ3n) is 2.36. The molecule has 0 saturated heterocycles. The predicted molar refractivity (Wildman–Crippen MR) is 59.5 cm³/mol. The number of rotatable bonds is 7. The van der Waals surface area contributed by atoms with Gasteiger partial charge in [-0.2, -0.15) is 0 Å². The molecular weight excluding hydrogens is 200 g/mol. The highest BCUT2D eigenvalue weighted by molar-refractivity contribution is 6.62. The predicted octanol–water partition coefficient (Wildman–Crippen LogP) is 1.16. The minimum absolute atomic E-state index is 0. The van der Waals surface area contributed by atoms with E-state index in [1.807, 2.05) is 0 Å². The Morgan fingerprint density at radius 1 is 1.14 bits per heavy atom. The maximum absolute atomic E-state index is 5.52. The fourth-order valence-electron chi connectivity index (χ4n) is 1.58. The summed E-state index contributed by atoms with van der Waals surface area (Å²) in [7, 11) is 2.46. The average Bonchev–Trinajstić information content (AvgIpc) is 2.19. The molecule has 88 valence electrons. The summed E-state index contributed by atoms with van der Waals surface area (Å²) in [6, 6.07) is 0. The summed E-state index contributed by atoms with van der Waals surface area (Å²) in [5.41, 5.74) is 5.82. The third kappa shape index (κ3) is 3.64. The third-order valence-corrected chi connectivity index (χ3v) is 5.77. The molecule has 0 aliphatic carbocycles. The molecule has 0 aromatic rings. The second-order valence-electron chi connectivity index (χ2n) is 2.90. The van der Waals surface area contributed by atoms with Crippen molar-refractivity contribution >= 4 is 8.80 Å². The van der Waals surface area contributed by atoms with Crippen LogP contribution in [0.25, 0.3) is 0 Å². The van der Waals surface area contributed by atoms with Crippen molar-refractivity contribution in [3.63, 3.8) is 0 Å². The van der Waals surface area contributed by atoms with E-state index < -0.39 is 8.80 Å². The van der Waals surface area contributed by atoms with Crippen LogP contribution in [0.4, 0.5) is 0 Å². The van der Waals surface area contributed by atoms with Crippen LogP contribution in [-0.2, 0) is 13.3 Å². The lowest BCUT2D eigenvalue weighted by molar-refractivity contribution is 0.109. The van der Waals surface area contributed by atoms with Crippen LogP contribution in [0.5, 0.6) is 0 Å². The van der Waals surface area contributed by atoms with Gasteiger partial charge in [-0.25, -0.2) is 0 Å². The van der Waals surface area contributed by atoms with E-state index >= 15 is 0 Å². The molecule has 0 spiro atoms. The standard InChI is InChI=1S/C8H21NO3Si.H3N/c1-5-8(6-7-9)13(10-2,11-3)12-4;/h8H,5-7,9H2,1-4H3;1H3. The Morgan fingerprint density at radius 2 is 1.57 bits per heavy atom. The summed E-state index contributed by atoms with van der Waals surface area (Å²) in [6.07, 6.45) is 1.86. The summed E-state index contributed by atoms with van der Waals surface area (Å²) in [5, 5.41) is 0. The van der Waals surface area contributed by atoms with Crippen LogP contribution >= 0.6 is 0 Å². The van der Waals surface area contributed by atoms with Crippen molar-refractivity contribution in [2.75, 3.05) is 27.9 Å². The Hall–Kier alpha value is 0.0169. The van der Waals surface area contributed by atoms with E-state index in [0.29, 0.717) is 12.1 Å². The highest BCUT2D eigenvalue weighted by atomic mass is 28.4. The van der Waals surface area contributed by atoms with Crippen molar-refractivity contribution in [1.82, 2.24) is 6.15 Å². The zero-order valence-corrected chi connectivity index (χ0v) is 10.7. The highest BCUT2D eigenvalue weighted by Gasteiger charge is 2.45. The number of hydrogen-bond acceptors (Lipinski definition) is 5. The van der Waals surface area contributed by atoms with Gasteiger partial charge in [0.2, 0.25) is 0 Å². The van der Waals surface area contributed by atoms with Gasteiger partial charge < -0.3 is 25.2 Å². The zero-order valence-electron chi connectivity index (χ0n) is 9.71. The Labute approximate surface area is 87.9 Å². The van der Waals surface area contributed by atoms with Crippen LogP contribution in [0.15, 0.2) is 0 Å². The summed E-state index contributed by atoms with van der Waals surface area (Å²) in [5.74, 6) is 0. The second-order valence-corrected chi connectivity index (χ2v) is 6.15. The fourth-order valence-corrected chi connectivity index (χ4v) is 4.10. The van der Waals surface area contributed by atoms with E-state index in [0.717, 1.165) is 12.8 Å². The molecule has 6 heteroatoms. The Balaban J connectivity index is 0. The fraction of sp³-hybridized carbons (Fsp3) is 1.00. The Bertz CT molecular complexity index is 125. The summed E-state index contributed by atoms with van der Waals surface area (Å²) in [4.78, 5) is 0. The first-order valence-corrected chi connectivity index (χ1v) is 6.36. The molecule has 14 heavy (non-hydrogen) atoms. The monoisotopic (exact) mass is 224 g/mol. The van der Waals surface area contributed by atoms with Crippen molar-refractivity contribution in [2.45, 2.75) is 25.3 Å². The maximum Gasteiger partial charge on any atom is 0.503 e. The van der Waals surface area contributed by atoms with Crippen LogP contribution in [0.3, 0.4) is 0 Å². The lowest BCUT2D eigenvalue weighted by Crippen LogP contribution is -2.48. The molecule has 0 radical (unpaired) electrons. The first kappa shape index (κ1) is 16.4. The van der Waals surface area contributed by atoms with Gasteiger partial charge in [0.25, 0.3) is 0 Å². The minimum atomic E-state index is -2.45. The van der Waals surface area contributed by atoms with Gasteiger partial charge in [-0.1, -0.05) is 6.92 Å². The van der Waals surface area contributed by atoms with Crippen molar-refractivity contribution in [3.05, 3.63) is 0 Å². The number of hydrogen-bond donors (Lipinski definition) is 2. The largest absolute Gasteiger partial charge is 0.503 e.